The minimum Gasteiger partial charge on any atom is -0.309 e. The van der Waals surface area contributed by atoms with E-state index in [0.29, 0.717) is 17.5 Å². The molecule has 2 aromatic heterocycles. The monoisotopic (exact) mass is 550 g/mol. The molecule has 8 rings (SSSR count). The molecule has 0 saturated carbocycles. The summed E-state index contributed by atoms with van der Waals surface area (Å²) in [5.41, 5.74) is 8.68. The maximum Gasteiger partial charge on any atom is 0.164 e. The van der Waals surface area contributed by atoms with E-state index in [-0.39, 0.29) is 0 Å². The van der Waals surface area contributed by atoms with Crippen molar-refractivity contribution in [3.8, 4) is 51.0 Å². The maximum absolute atomic E-state index is 4.91. The van der Waals surface area contributed by atoms with Crippen LogP contribution in [0.15, 0.2) is 158 Å². The standard InChI is InChI=1S/C39H26N4/c1-4-12-27(13-5-1)31-22-25-34-33-18-10-11-19-35(33)43(36(34)26-31)32-23-20-30(21-24-32)39-41-37(28-14-6-2-7-15-28)40-38(42-39)29-16-8-3-9-17-29/h1-26H. The quantitative estimate of drug-likeness (QED) is 0.214. The van der Waals surface area contributed by atoms with Gasteiger partial charge in [-0.25, -0.2) is 15.0 Å². The molecule has 0 N–H and O–H groups in total. The lowest BCUT2D eigenvalue weighted by atomic mass is 10.0. The van der Waals surface area contributed by atoms with Gasteiger partial charge in [0.15, 0.2) is 17.5 Å². The van der Waals surface area contributed by atoms with E-state index in [0.717, 1.165) is 22.4 Å². The lowest BCUT2D eigenvalue weighted by Crippen LogP contribution is -2.00. The largest absolute Gasteiger partial charge is 0.309 e. The lowest BCUT2D eigenvalue weighted by Gasteiger charge is -2.11. The van der Waals surface area contributed by atoms with Crippen molar-refractivity contribution in [2.24, 2.45) is 0 Å². The van der Waals surface area contributed by atoms with Crippen LogP contribution in [0.1, 0.15) is 0 Å². The maximum atomic E-state index is 4.91. The summed E-state index contributed by atoms with van der Waals surface area (Å²) in [6.07, 6.45) is 0. The topological polar surface area (TPSA) is 43.6 Å². The highest BCUT2D eigenvalue weighted by molar-refractivity contribution is 6.10. The van der Waals surface area contributed by atoms with E-state index in [1.54, 1.807) is 0 Å². The number of aromatic nitrogens is 4. The van der Waals surface area contributed by atoms with Gasteiger partial charge < -0.3 is 4.57 Å². The Hall–Kier alpha value is -5.87. The predicted octanol–water partition coefficient (Wildman–Crippen LogP) is 9.64. The van der Waals surface area contributed by atoms with Gasteiger partial charge in [-0.15, -0.1) is 0 Å². The number of hydrogen-bond acceptors (Lipinski definition) is 3. The zero-order chi connectivity index (χ0) is 28.6. The molecule has 0 aliphatic carbocycles. The highest BCUT2D eigenvalue weighted by Crippen LogP contribution is 2.35. The number of benzene rings is 6. The SMILES string of the molecule is c1ccc(-c2ccc3c4ccccc4n(-c4ccc(-c5nc(-c6ccccc6)nc(-c6ccccc6)n5)cc4)c3c2)cc1. The van der Waals surface area contributed by atoms with Gasteiger partial charge in [0.05, 0.1) is 11.0 Å². The van der Waals surface area contributed by atoms with Crippen LogP contribution in [0.2, 0.25) is 0 Å². The molecule has 0 unspecified atom stereocenters. The third-order valence-electron chi connectivity index (χ3n) is 7.86. The van der Waals surface area contributed by atoms with Crippen LogP contribution in [0, 0.1) is 0 Å². The van der Waals surface area contributed by atoms with Gasteiger partial charge in [-0.2, -0.15) is 0 Å². The van der Waals surface area contributed by atoms with Gasteiger partial charge in [0.2, 0.25) is 0 Å². The van der Waals surface area contributed by atoms with Crippen LogP contribution in [0.5, 0.6) is 0 Å². The molecule has 0 bridgehead atoms. The Morgan fingerprint density at radius 2 is 0.767 bits per heavy atom. The van der Waals surface area contributed by atoms with Crippen molar-refractivity contribution in [2.45, 2.75) is 0 Å². The summed E-state index contributed by atoms with van der Waals surface area (Å²) >= 11 is 0. The van der Waals surface area contributed by atoms with Crippen molar-refractivity contribution in [2.75, 3.05) is 0 Å². The number of nitrogens with zero attached hydrogens (tertiary/aromatic N) is 4. The van der Waals surface area contributed by atoms with Crippen LogP contribution >= 0.6 is 0 Å². The second-order valence-electron chi connectivity index (χ2n) is 10.5. The third-order valence-corrected chi connectivity index (χ3v) is 7.86. The van der Waals surface area contributed by atoms with Gasteiger partial charge in [0.1, 0.15) is 0 Å². The third kappa shape index (κ3) is 4.55. The molecule has 0 aliphatic rings. The van der Waals surface area contributed by atoms with Crippen molar-refractivity contribution in [3.63, 3.8) is 0 Å². The molecule has 0 atom stereocenters. The summed E-state index contributed by atoms with van der Waals surface area (Å²) in [4.78, 5) is 14.6. The Morgan fingerprint density at radius 3 is 1.35 bits per heavy atom. The molecule has 4 heteroatoms. The summed E-state index contributed by atoms with van der Waals surface area (Å²) in [5, 5.41) is 2.47. The summed E-state index contributed by atoms with van der Waals surface area (Å²) in [7, 11) is 0. The zero-order valence-corrected chi connectivity index (χ0v) is 23.3. The highest BCUT2D eigenvalue weighted by atomic mass is 15.0. The van der Waals surface area contributed by atoms with E-state index < -0.39 is 0 Å². The van der Waals surface area contributed by atoms with Crippen LogP contribution in [0.25, 0.3) is 72.8 Å². The number of rotatable bonds is 5. The van der Waals surface area contributed by atoms with E-state index in [9.17, 15) is 0 Å². The summed E-state index contributed by atoms with van der Waals surface area (Å²) in [6.45, 7) is 0. The van der Waals surface area contributed by atoms with Gasteiger partial charge in [0.25, 0.3) is 0 Å². The average Bonchev–Trinajstić information content (AvgIpc) is 3.43. The minimum atomic E-state index is 0.646. The van der Waals surface area contributed by atoms with Gasteiger partial charge in [-0.1, -0.05) is 121 Å². The number of fused-ring (bicyclic) bond motifs is 3. The van der Waals surface area contributed by atoms with E-state index in [2.05, 4.69) is 102 Å². The van der Waals surface area contributed by atoms with Crippen molar-refractivity contribution in [1.82, 2.24) is 19.5 Å². The molecule has 2 heterocycles. The normalized spacial score (nSPS) is 11.3. The van der Waals surface area contributed by atoms with Crippen LogP contribution in [0.4, 0.5) is 0 Å². The van der Waals surface area contributed by atoms with E-state index in [1.165, 1.54) is 32.9 Å². The molecule has 0 saturated heterocycles. The molecule has 43 heavy (non-hydrogen) atoms. The Morgan fingerprint density at radius 1 is 0.326 bits per heavy atom. The molecular formula is C39H26N4. The molecule has 0 aliphatic heterocycles. The van der Waals surface area contributed by atoms with Crippen LogP contribution in [0.3, 0.4) is 0 Å². The fraction of sp³-hybridized carbons (Fsp3) is 0. The van der Waals surface area contributed by atoms with E-state index >= 15 is 0 Å². The summed E-state index contributed by atoms with van der Waals surface area (Å²) in [5.74, 6) is 1.96. The smallest absolute Gasteiger partial charge is 0.164 e. The van der Waals surface area contributed by atoms with Crippen molar-refractivity contribution < 1.29 is 0 Å². The fourth-order valence-corrected chi connectivity index (χ4v) is 5.76. The summed E-state index contributed by atoms with van der Waals surface area (Å²) in [6, 6.07) is 54.6. The first-order valence-corrected chi connectivity index (χ1v) is 14.4. The van der Waals surface area contributed by atoms with Crippen molar-refractivity contribution in [3.05, 3.63) is 158 Å². The Labute approximate surface area is 249 Å². The second kappa shape index (κ2) is 10.5. The molecule has 8 aromatic rings. The Bertz CT molecular complexity index is 2150. The average molecular weight is 551 g/mol. The van der Waals surface area contributed by atoms with Gasteiger partial charge in [0, 0.05) is 33.2 Å². The second-order valence-corrected chi connectivity index (χ2v) is 10.5. The van der Waals surface area contributed by atoms with E-state index in [4.69, 9.17) is 15.0 Å². The van der Waals surface area contributed by atoms with Crippen LogP contribution in [-0.2, 0) is 0 Å². The molecule has 4 nitrogen and oxygen atoms in total. The molecule has 0 fully saturated rings. The molecule has 0 radical (unpaired) electrons. The van der Waals surface area contributed by atoms with Crippen molar-refractivity contribution in [1.29, 1.82) is 0 Å². The number of para-hydroxylation sites is 1. The Kier molecular flexibility index (Phi) is 6.08. The molecule has 0 amide bonds. The molecule has 202 valence electrons. The first-order valence-electron chi connectivity index (χ1n) is 14.4. The first kappa shape index (κ1) is 24.9. The Balaban J connectivity index is 1.26. The molecule has 6 aromatic carbocycles. The molecule has 0 spiro atoms. The molecular weight excluding hydrogens is 524 g/mol. The lowest BCUT2D eigenvalue weighted by molar-refractivity contribution is 1.07. The minimum absolute atomic E-state index is 0.646. The zero-order valence-electron chi connectivity index (χ0n) is 23.3. The van der Waals surface area contributed by atoms with Gasteiger partial charge >= 0.3 is 0 Å². The first-order chi connectivity index (χ1) is 21.3. The van der Waals surface area contributed by atoms with Crippen molar-refractivity contribution >= 4 is 21.8 Å². The number of hydrogen-bond donors (Lipinski definition) is 0. The highest BCUT2D eigenvalue weighted by Gasteiger charge is 2.15. The van der Waals surface area contributed by atoms with Gasteiger partial charge in [-0.3, -0.25) is 0 Å². The fourth-order valence-electron chi connectivity index (χ4n) is 5.76. The summed E-state index contributed by atoms with van der Waals surface area (Å²) < 4.78 is 2.35. The van der Waals surface area contributed by atoms with E-state index in [1.807, 2.05) is 60.7 Å². The van der Waals surface area contributed by atoms with Crippen LogP contribution in [-0.4, -0.2) is 19.5 Å². The predicted molar refractivity (Wildman–Crippen MR) is 176 cm³/mol. The van der Waals surface area contributed by atoms with Gasteiger partial charge in [-0.05, 0) is 47.5 Å². The van der Waals surface area contributed by atoms with Crippen LogP contribution < -0.4 is 0 Å².